The number of rotatable bonds is 3. The van der Waals surface area contributed by atoms with Crippen molar-refractivity contribution < 1.29 is 4.74 Å². The van der Waals surface area contributed by atoms with Crippen LogP contribution in [0, 0.1) is 0 Å². The Morgan fingerprint density at radius 3 is 2.77 bits per heavy atom. The van der Waals surface area contributed by atoms with Crippen molar-refractivity contribution in [2.24, 2.45) is 0 Å². The van der Waals surface area contributed by atoms with Gasteiger partial charge in [0.15, 0.2) is 0 Å². The Morgan fingerprint density at radius 2 is 1.92 bits per heavy atom. The van der Waals surface area contributed by atoms with Crippen molar-refractivity contribution in [2.45, 2.75) is 19.3 Å². The molecular weight excluding hydrogens is 369 g/mol. The second kappa shape index (κ2) is 7.22. The predicted molar refractivity (Wildman–Crippen MR) is 107 cm³/mol. The van der Waals surface area contributed by atoms with Crippen LogP contribution in [0.25, 0.3) is 16.9 Å². The lowest BCUT2D eigenvalue weighted by Crippen LogP contribution is -2.07. The maximum Gasteiger partial charge on any atom is 0.133 e. The molecule has 0 saturated heterocycles. The summed E-state index contributed by atoms with van der Waals surface area (Å²) < 4.78 is 7.43. The Balaban J connectivity index is 1.97. The Kier molecular flexibility index (Phi) is 4.79. The Labute approximate surface area is 162 Å². The summed E-state index contributed by atoms with van der Waals surface area (Å²) in [6.45, 7) is 0.905. The van der Waals surface area contributed by atoms with Crippen molar-refractivity contribution in [1.29, 1.82) is 0 Å². The molecule has 0 amide bonds. The van der Waals surface area contributed by atoms with Gasteiger partial charge in [-0.25, -0.2) is 4.68 Å². The monoisotopic (exact) mass is 387 g/mol. The molecule has 2 heterocycles. The van der Waals surface area contributed by atoms with Crippen LogP contribution in [-0.4, -0.2) is 23.4 Å². The molecule has 0 fully saturated rings. The van der Waals surface area contributed by atoms with Crippen molar-refractivity contribution in [1.82, 2.24) is 9.78 Å². The lowest BCUT2D eigenvalue weighted by atomic mass is 10.0. The second-order valence-corrected chi connectivity index (χ2v) is 7.03. The summed E-state index contributed by atoms with van der Waals surface area (Å²) in [5, 5.41) is 9.45. The zero-order chi connectivity index (χ0) is 18.1. The Hall–Kier alpha value is -2.17. The highest BCUT2D eigenvalue weighted by Crippen LogP contribution is 2.39. The van der Waals surface area contributed by atoms with Crippen molar-refractivity contribution in [3.63, 3.8) is 0 Å². The van der Waals surface area contributed by atoms with Gasteiger partial charge in [-0.05, 0) is 43.5 Å². The van der Waals surface area contributed by atoms with Gasteiger partial charge in [-0.1, -0.05) is 41.4 Å². The van der Waals surface area contributed by atoms with Crippen LogP contribution in [0.2, 0.25) is 10.0 Å². The van der Waals surface area contributed by atoms with E-state index < -0.39 is 0 Å². The van der Waals surface area contributed by atoms with Gasteiger partial charge < -0.3 is 10.1 Å². The molecule has 4 rings (SSSR count). The molecule has 0 aliphatic carbocycles. The van der Waals surface area contributed by atoms with E-state index in [9.17, 15) is 0 Å². The smallest absolute Gasteiger partial charge is 0.133 e. The molecule has 4 nitrogen and oxygen atoms in total. The molecule has 1 N–H and O–H groups in total. The Morgan fingerprint density at radius 1 is 1.08 bits per heavy atom. The first-order chi connectivity index (χ1) is 12.7. The standard InChI is InChI=1S/C20H19Cl2N3O/c1-26-17-11-3-2-7-13(17)19-14-8-4-5-12-23-20(14)25(24-19)16-10-6-9-15(21)18(16)22/h2-3,6-7,9-11,23H,4-5,8,12H2,1H3. The van der Waals surface area contributed by atoms with Gasteiger partial charge in [-0.3, -0.25) is 0 Å². The van der Waals surface area contributed by atoms with E-state index in [-0.39, 0.29) is 0 Å². The minimum atomic E-state index is 0.497. The molecule has 134 valence electrons. The summed E-state index contributed by atoms with van der Waals surface area (Å²) in [6, 6.07) is 13.6. The number of nitrogens with one attached hydrogen (secondary N) is 1. The highest BCUT2D eigenvalue weighted by Gasteiger charge is 2.24. The molecule has 6 heteroatoms. The molecule has 26 heavy (non-hydrogen) atoms. The molecule has 0 radical (unpaired) electrons. The van der Waals surface area contributed by atoms with Crippen LogP contribution in [0.15, 0.2) is 42.5 Å². The predicted octanol–water partition coefficient (Wildman–Crippen LogP) is 5.60. The molecular formula is C20H19Cl2N3O. The fourth-order valence-electron chi connectivity index (χ4n) is 3.39. The van der Waals surface area contributed by atoms with Crippen LogP contribution in [0.3, 0.4) is 0 Å². The van der Waals surface area contributed by atoms with Crippen molar-refractivity contribution in [3.8, 4) is 22.7 Å². The van der Waals surface area contributed by atoms with E-state index in [2.05, 4.69) is 5.32 Å². The van der Waals surface area contributed by atoms with E-state index in [1.807, 2.05) is 41.1 Å². The summed E-state index contributed by atoms with van der Waals surface area (Å²) in [5.41, 5.74) is 3.85. The van der Waals surface area contributed by atoms with Crippen LogP contribution < -0.4 is 10.1 Å². The third kappa shape index (κ3) is 2.93. The van der Waals surface area contributed by atoms with Gasteiger partial charge in [-0.15, -0.1) is 0 Å². The van der Waals surface area contributed by atoms with Crippen molar-refractivity contribution >= 4 is 29.0 Å². The second-order valence-electron chi connectivity index (χ2n) is 6.24. The average molecular weight is 388 g/mol. The fraction of sp³-hybridized carbons (Fsp3) is 0.250. The Bertz CT molecular complexity index is 952. The summed E-state index contributed by atoms with van der Waals surface area (Å²) in [7, 11) is 1.68. The first kappa shape index (κ1) is 17.3. The van der Waals surface area contributed by atoms with Crippen molar-refractivity contribution in [2.75, 3.05) is 19.0 Å². The first-order valence-corrected chi connectivity index (χ1v) is 9.40. The van der Waals surface area contributed by atoms with Crippen molar-refractivity contribution in [3.05, 3.63) is 58.1 Å². The minimum Gasteiger partial charge on any atom is -0.496 e. The third-order valence-electron chi connectivity index (χ3n) is 4.65. The normalized spacial score (nSPS) is 13.7. The number of nitrogens with zero attached hydrogens (tertiary/aromatic N) is 2. The van der Waals surface area contributed by atoms with Crippen LogP contribution in [0.4, 0.5) is 5.82 Å². The van der Waals surface area contributed by atoms with E-state index in [1.54, 1.807) is 13.2 Å². The highest BCUT2D eigenvalue weighted by molar-refractivity contribution is 6.43. The van der Waals surface area contributed by atoms with Crippen LogP contribution in [0.5, 0.6) is 5.75 Å². The number of benzene rings is 2. The maximum atomic E-state index is 6.48. The first-order valence-electron chi connectivity index (χ1n) is 8.64. The molecule has 0 bridgehead atoms. The lowest BCUT2D eigenvalue weighted by Gasteiger charge is -2.11. The molecule has 3 aromatic rings. The molecule has 0 atom stereocenters. The number of halogens is 2. The maximum absolute atomic E-state index is 6.48. The third-order valence-corrected chi connectivity index (χ3v) is 5.46. The molecule has 1 aliphatic rings. The number of para-hydroxylation sites is 1. The number of ether oxygens (including phenoxy) is 1. The van der Waals surface area contributed by atoms with Crippen LogP contribution >= 0.6 is 23.2 Å². The summed E-state index contributed by atoms with van der Waals surface area (Å²) in [4.78, 5) is 0. The number of aromatic nitrogens is 2. The number of methoxy groups -OCH3 is 1. The van der Waals surface area contributed by atoms with E-state index in [0.717, 1.165) is 54.3 Å². The zero-order valence-corrected chi connectivity index (χ0v) is 15.9. The fourth-order valence-corrected chi connectivity index (χ4v) is 3.76. The van der Waals surface area contributed by atoms with Gasteiger partial charge in [0.2, 0.25) is 0 Å². The number of hydrogen-bond acceptors (Lipinski definition) is 3. The summed E-state index contributed by atoms with van der Waals surface area (Å²) in [6.07, 6.45) is 3.17. The number of hydrogen-bond donors (Lipinski definition) is 1. The van der Waals surface area contributed by atoms with Gasteiger partial charge >= 0.3 is 0 Å². The quantitative estimate of drug-likeness (QED) is 0.635. The zero-order valence-electron chi connectivity index (χ0n) is 14.4. The van der Waals surface area contributed by atoms with Gasteiger partial charge in [0.25, 0.3) is 0 Å². The minimum absolute atomic E-state index is 0.497. The largest absolute Gasteiger partial charge is 0.496 e. The lowest BCUT2D eigenvalue weighted by molar-refractivity contribution is 0.416. The van der Waals surface area contributed by atoms with Gasteiger partial charge in [0.05, 0.1) is 22.8 Å². The molecule has 1 aromatic heterocycles. The summed E-state index contributed by atoms with van der Waals surface area (Å²) >= 11 is 12.7. The summed E-state index contributed by atoms with van der Waals surface area (Å²) in [5.74, 6) is 1.79. The SMILES string of the molecule is COc1ccccc1-c1nn(-c2cccc(Cl)c2Cl)c2c1CCCCN2. The van der Waals surface area contributed by atoms with Crippen LogP contribution in [0.1, 0.15) is 18.4 Å². The molecule has 0 spiro atoms. The van der Waals surface area contributed by atoms with E-state index in [4.69, 9.17) is 33.0 Å². The topological polar surface area (TPSA) is 39.1 Å². The molecule has 0 unspecified atom stereocenters. The number of fused-ring (bicyclic) bond motifs is 1. The van der Waals surface area contributed by atoms with E-state index in [1.165, 1.54) is 5.56 Å². The molecule has 1 aliphatic heterocycles. The number of anilines is 1. The van der Waals surface area contributed by atoms with Crippen LogP contribution in [-0.2, 0) is 6.42 Å². The molecule has 2 aromatic carbocycles. The highest BCUT2D eigenvalue weighted by atomic mass is 35.5. The van der Waals surface area contributed by atoms with Gasteiger partial charge in [0, 0.05) is 17.7 Å². The average Bonchev–Trinajstić information content (AvgIpc) is 2.85. The van der Waals surface area contributed by atoms with Gasteiger partial charge in [-0.2, -0.15) is 5.10 Å². The van der Waals surface area contributed by atoms with Gasteiger partial charge in [0.1, 0.15) is 17.3 Å². The van der Waals surface area contributed by atoms with E-state index in [0.29, 0.717) is 10.0 Å². The van der Waals surface area contributed by atoms with E-state index >= 15 is 0 Å². The molecule has 0 saturated carbocycles.